The monoisotopic (exact) mass is 233 g/mol. The summed E-state index contributed by atoms with van der Waals surface area (Å²) in [6.45, 7) is 8.41. The topological polar surface area (TPSA) is 21.3 Å². The van der Waals surface area contributed by atoms with Crippen LogP contribution in [0.3, 0.4) is 0 Å². The lowest BCUT2D eigenvalue weighted by Crippen LogP contribution is -2.42. The zero-order chi connectivity index (χ0) is 12.3. The van der Waals surface area contributed by atoms with Gasteiger partial charge in [0.1, 0.15) is 0 Å². The maximum atomic E-state index is 5.47. The molecule has 94 valence electrons. The highest BCUT2D eigenvalue weighted by molar-refractivity contribution is 5.23. The second-order valence-electron chi connectivity index (χ2n) is 5.25. The third-order valence-electron chi connectivity index (χ3n) is 3.68. The Morgan fingerprint density at radius 1 is 1.29 bits per heavy atom. The normalized spacial score (nSPS) is 26.8. The Balaban J connectivity index is 1.95. The van der Waals surface area contributed by atoms with E-state index in [9.17, 15) is 0 Å². The maximum Gasteiger partial charge on any atom is 0.0506 e. The van der Waals surface area contributed by atoms with Crippen LogP contribution in [0.4, 0.5) is 0 Å². The van der Waals surface area contributed by atoms with Crippen molar-refractivity contribution in [3.63, 3.8) is 0 Å². The van der Waals surface area contributed by atoms with Gasteiger partial charge in [-0.05, 0) is 31.7 Å². The van der Waals surface area contributed by atoms with Crippen LogP contribution in [0.5, 0.6) is 0 Å². The fraction of sp³-hybridized carbons (Fsp3) is 0.600. The van der Waals surface area contributed by atoms with Crippen LogP contribution < -0.4 is 5.32 Å². The fourth-order valence-electron chi connectivity index (χ4n) is 2.40. The van der Waals surface area contributed by atoms with Gasteiger partial charge in [0.25, 0.3) is 0 Å². The fourth-order valence-corrected chi connectivity index (χ4v) is 2.40. The summed E-state index contributed by atoms with van der Waals surface area (Å²) in [5.41, 5.74) is 2.69. The summed E-state index contributed by atoms with van der Waals surface area (Å²) < 4.78 is 5.47. The molecule has 1 saturated heterocycles. The van der Waals surface area contributed by atoms with E-state index in [0.717, 1.165) is 19.6 Å². The molecule has 17 heavy (non-hydrogen) atoms. The van der Waals surface area contributed by atoms with Gasteiger partial charge in [-0.1, -0.05) is 36.8 Å². The number of hydrogen-bond acceptors (Lipinski definition) is 2. The van der Waals surface area contributed by atoms with E-state index in [2.05, 4.69) is 50.4 Å². The summed E-state index contributed by atoms with van der Waals surface area (Å²) in [6.07, 6.45) is 1.12. The van der Waals surface area contributed by atoms with E-state index >= 15 is 0 Å². The molecule has 2 nitrogen and oxygen atoms in total. The highest BCUT2D eigenvalue weighted by atomic mass is 16.5. The Morgan fingerprint density at radius 2 is 2.00 bits per heavy atom. The Kier molecular flexibility index (Phi) is 4.19. The molecule has 1 aliphatic heterocycles. The summed E-state index contributed by atoms with van der Waals surface area (Å²) >= 11 is 0. The van der Waals surface area contributed by atoms with Crippen LogP contribution in [0.1, 0.15) is 37.4 Å². The van der Waals surface area contributed by atoms with Gasteiger partial charge in [0.05, 0.1) is 6.61 Å². The van der Waals surface area contributed by atoms with E-state index in [4.69, 9.17) is 4.74 Å². The molecule has 2 rings (SSSR count). The molecule has 0 aliphatic carbocycles. The highest BCUT2D eigenvalue weighted by Crippen LogP contribution is 2.19. The largest absolute Gasteiger partial charge is 0.381 e. The average molecular weight is 233 g/mol. The number of rotatable bonds is 3. The average Bonchev–Trinajstić information content (AvgIpc) is 2.33. The Hall–Kier alpha value is -0.860. The first-order valence-corrected chi connectivity index (χ1v) is 6.57. The third-order valence-corrected chi connectivity index (χ3v) is 3.68. The molecule has 0 bridgehead atoms. The Labute approximate surface area is 104 Å². The van der Waals surface area contributed by atoms with E-state index in [1.807, 2.05) is 0 Å². The standard InChI is InChI=1S/C15H23NO/c1-11-4-6-14(7-5-11)13(3)16-15-8-9-17-10-12(15)2/h4-7,12-13,15-16H,8-10H2,1-3H3. The zero-order valence-electron chi connectivity index (χ0n) is 11.1. The van der Waals surface area contributed by atoms with E-state index in [-0.39, 0.29) is 0 Å². The first-order chi connectivity index (χ1) is 8.16. The summed E-state index contributed by atoms with van der Waals surface area (Å²) in [7, 11) is 0. The summed E-state index contributed by atoms with van der Waals surface area (Å²) in [5, 5.41) is 3.72. The van der Waals surface area contributed by atoms with Crippen molar-refractivity contribution in [3.8, 4) is 0 Å². The van der Waals surface area contributed by atoms with Crippen LogP contribution in [0, 0.1) is 12.8 Å². The second-order valence-corrected chi connectivity index (χ2v) is 5.25. The van der Waals surface area contributed by atoms with Crippen LogP contribution in [0.25, 0.3) is 0 Å². The molecule has 1 heterocycles. The van der Waals surface area contributed by atoms with Crippen molar-refractivity contribution >= 4 is 0 Å². The predicted molar refractivity (Wildman–Crippen MR) is 71.1 cm³/mol. The van der Waals surface area contributed by atoms with Crippen molar-refractivity contribution in [3.05, 3.63) is 35.4 Å². The van der Waals surface area contributed by atoms with E-state index in [0.29, 0.717) is 18.0 Å². The lowest BCUT2D eigenvalue weighted by Gasteiger charge is -2.32. The molecule has 3 atom stereocenters. The molecule has 0 aromatic heterocycles. The molecule has 0 amide bonds. The van der Waals surface area contributed by atoms with Crippen LogP contribution >= 0.6 is 0 Å². The summed E-state index contributed by atoms with van der Waals surface area (Å²) in [5.74, 6) is 0.608. The minimum Gasteiger partial charge on any atom is -0.381 e. The molecular formula is C15H23NO. The van der Waals surface area contributed by atoms with Crippen LogP contribution in [-0.2, 0) is 4.74 Å². The number of nitrogens with one attached hydrogen (secondary N) is 1. The smallest absolute Gasteiger partial charge is 0.0506 e. The molecule has 1 fully saturated rings. The summed E-state index contributed by atoms with van der Waals surface area (Å²) in [6, 6.07) is 9.80. The molecule has 1 aliphatic rings. The molecule has 2 heteroatoms. The van der Waals surface area contributed by atoms with Gasteiger partial charge < -0.3 is 10.1 Å². The van der Waals surface area contributed by atoms with Crippen molar-refractivity contribution in [2.45, 2.75) is 39.3 Å². The molecule has 1 aromatic rings. The lowest BCUT2D eigenvalue weighted by atomic mass is 9.96. The van der Waals surface area contributed by atoms with Crippen molar-refractivity contribution < 1.29 is 4.74 Å². The molecule has 0 spiro atoms. The van der Waals surface area contributed by atoms with Gasteiger partial charge in [-0.2, -0.15) is 0 Å². The lowest BCUT2D eigenvalue weighted by molar-refractivity contribution is 0.0363. The van der Waals surface area contributed by atoms with Crippen LogP contribution in [-0.4, -0.2) is 19.3 Å². The van der Waals surface area contributed by atoms with Gasteiger partial charge in [0.15, 0.2) is 0 Å². The van der Waals surface area contributed by atoms with Crippen molar-refractivity contribution in [1.82, 2.24) is 5.32 Å². The van der Waals surface area contributed by atoms with Gasteiger partial charge in [-0.25, -0.2) is 0 Å². The number of benzene rings is 1. The number of ether oxygens (including phenoxy) is 1. The Bertz CT molecular complexity index is 346. The molecule has 1 N–H and O–H groups in total. The van der Waals surface area contributed by atoms with Crippen LogP contribution in [0.15, 0.2) is 24.3 Å². The first-order valence-electron chi connectivity index (χ1n) is 6.57. The van der Waals surface area contributed by atoms with E-state index in [1.165, 1.54) is 11.1 Å². The molecule has 3 unspecified atom stereocenters. The van der Waals surface area contributed by atoms with Crippen molar-refractivity contribution in [2.75, 3.05) is 13.2 Å². The van der Waals surface area contributed by atoms with Gasteiger partial charge in [-0.15, -0.1) is 0 Å². The van der Waals surface area contributed by atoms with E-state index in [1.54, 1.807) is 0 Å². The van der Waals surface area contributed by atoms with Crippen molar-refractivity contribution in [2.24, 2.45) is 5.92 Å². The minimum absolute atomic E-state index is 0.418. The summed E-state index contributed by atoms with van der Waals surface area (Å²) in [4.78, 5) is 0. The highest BCUT2D eigenvalue weighted by Gasteiger charge is 2.23. The van der Waals surface area contributed by atoms with Crippen molar-refractivity contribution in [1.29, 1.82) is 0 Å². The maximum absolute atomic E-state index is 5.47. The number of hydrogen-bond donors (Lipinski definition) is 1. The van der Waals surface area contributed by atoms with Gasteiger partial charge >= 0.3 is 0 Å². The van der Waals surface area contributed by atoms with E-state index < -0.39 is 0 Å². The minimum atomic E-state index is 0.418. The van der Waals surface area contributed by atoms with Crippen LogP contribution in [0.2, 0.25) is 0 Å². The first kappa shape index (κ1) is 12.6. The molecular weight excluding hydrogens is 210 g/mol. The van der Waals surface area contributed by atoms with Gasteiger partial charge in [-0.3, -0.25) is 0 Å². The third kappa shape index (κ3) is 3.30. The molecule has 0 radical (unpaired) electrons. The quantitative estimate of drug-likeness (QED) is 0.866. The Morgan fingerprint density at radius 3 is 2.65 bits per heavy atom. The molecule has 0 saturated carbocycles. The van der Waals surface area contributed by atoms with Gasteiger partial charge in [0, 0.05) is 18.7 Å². The number of aryl methyl sites for hydroxylation is 1. The second kappa shape index (κ2) is 5.65. The zero-order valence-corrected chi connectivity index (χ0v) is 11.1. The SMILES string of the molecule is Cc1ccc(C(C)NC2CCOCC2C)cc1. The molecule has 1 aromatic carbocycles. The predicted octanol–water partition coefficient (Wildman–Crippen LogP) is 3.07. The van der Waals surface area contributed by atoms with Gasteiger partial charge in [0.2, 0.25) is 0 Å².